The molecular weight excluding hydrogens is 144 g/mol. The van der Waals surface area contributed by atoms with Crippen LogP contribution in [0.3, 0.4) is 0 Å². The Bertz CT molecular complexity index is 221. The fourth-order valence-corrected chi connectivity index (χ4v) is 1.77. The van der Waals surface area contributed by atoms with Gasteiger partial charge in [0.25, 0.3) is 0 Å². The van der Waals surface area contributed by atoms with Crippen molar-refractivity contribution in [2.24, 2.45) is 5.92 Å². The van der Waals surface area contributed by atoms with E-state index in [1.165, 1.54) is 0 Å². The van der Waals surface area contributed by atoms with Gasteiger partial charge in [-0.05, 0) is 18.4 Å². The van der Waals surface area contributed by atoms with Crippen LogP contribution in [0.1, 0.15) is 12.8 Å². The summed E-state index contributed by atoms with van der Waals surface area (Å²) in [4.78, 5) is 10.4. The van der Waals surface area contributed by atoms with Crippen LogP contribution in [0, 0.1) is 5.92 Å². The van der Waals surface area contributed by atoms with Crippen molar-refractivity contribution in [2.75, 3.05) is 0 Å². The maximum absolute atomic E-state index is 10.4. The monoisotopic (exact) mass is 153 g/mol. The second-order valence-electron chi connectivity index (χ2n) is 3.14. The molecule has 2 fully saturated rings. The van der Waals surface area contributed by atoms with E-state index < -0.39 is 5.97 Å². The molecule has 1 saturated heterocycles. The normalized spacial score (nSPS) is 39.8. The molecule has 2 rings (SSSR count). The summed E-state index contributed by atoms with van der Waals surface area (Å²) in [5, 5.41) is 10.4. The van der Waals surface area contributed by atoms with E-state index in [1.807, 2.05) is 0 Å². The Balaban J connectivity index is 2.05. The number of ether oxygens (including phenoxy) is 1. The first-order chi connectivity index (χ1) is 5.20. The van der Waals surface area contributed by atoms with Crippen LogP contribution in [0.2, 0.25) is 0 Å². The number of fused-ring (bicyclic) bond motifs is 1. The molecule has 3 unspecified atom stereocenters. The molecule has 11 heavy (non-hydrogen) atoms. The number of epoxide rings is 1. The second-order valence-corrected chi connectivity index (χ2v) is 3.14. The smallest absolute Gasteiger partial charge is 0.0910 e. The van der Waals surface area contributed by atoms with Gasteiger partial charge in [0.1, 0.15) is 0 Å². The van der Waals surface area contributed by atoms with Crippen molar-refractivity contribution >= 4 is 5.97 Å². The first kappa shape index (κ1) is 6.85. The van der Waals surface area contributed by atoms with Crippen molar-refractivity contribution < 1.29 is 14.6 Å². The third kappa shape index (κ3) is 0.959. The number of carbonyl (C=O) groups is 1. The van der Waals surface area contributed by atoms with Gasteiger partial charge in [-0.2, -0.15) is 0 Å². The minimum absolute atomic E-state index is 0.0185. The second kappa shape index (κ2) is 2.08. The first-order valence-electron chi connectivity index (χ1n) is 3.76. The number of aliphatic carboxylic acids is 1. The highest BCUT2D eigenvalue weighted by molar-refractivity contribution is 5.84. The molecule has 1 heterocycles. The molecule has 1 aliphatic carbocycles. The van der Waals surface area contributed by atoms with E-state index in [0.717, 1.165) is 12.8 Å². The molecule has 3 nitrogen and oxygen atoms in total. The summed E-state index contributed by atoms with van der Waals surface area (Å²) in [6.07, 6.45) is 2.32. The maximum Gasteiger partial charge on any atom is 0.0910 e. The molecule has 3 atom stereocenters. The standard InChI is InChI=1S/C8H10O3/c1-4(8(9)10)5-2-3-6-7(5)11-6/h5-7H,1-3H2,(H,9,10)/p-1. The van der Waals surface area contributed by atoms with Crippen LogP contribution in [0.25, 0.3) is 0 Å². The van der Waals surface area contributed by atoms with Crippen molar-refractivity contribution in [2.45, 2.75) is 25.0 Å². The lowest BCUT2D eigenvalue weighted by molar-refractivity contribution is -0.300. The Morgan fingerprint density at radius 2 is 2.27 bits per heavy atom. The minimum Gasteiger partial charge on any atom is -0.545 e. The Morgan fingerprint density at radius 3 is 2.64 bits per heavy atom. The van der Waals surface area contributed by atoms with Gasteiger partial charge in [0.05, 0.1) is 18.2 Å². The van der Waals surface area contributed by atoms with Crippen LogP contribution in [0.15, 0.2) is 12.2 Å². The molecule has 0 radical (unpaired) electrons. The number of rotatable bonds is 2. The summed E-state index contributed by atoms with van der Waals surface area (Å²) in [5.74, 6) is -1.11. The average molecular weight is 153 g/mol. The molecule has 0 spiro atoms. The Morgan fingerprint density at radius 1 is 1.55 bits per heavy atom. The molecule has 1 saturated carbocycles. The van der Waals surface area contributed by atoms with Crippen LogP contribution in [0.4, 0.5) is 0 Å². The van der Waals surface area contributed by atoms with Crippen LogP contribution in [-0.4, -0.2) is 18.2 Å². The summed E-state index contributed by atoms with van der Waals surface area (Å²) < 4.78 is 5.18. The Hall–Kier alpha value is -0.830. The quantitative estimate of drug-likeness (QED) is 0.396. The number of carbonyl (C=O) groups excluding carboxylic acids is 1. The van der Waals surface area contributed by atoms with Gasteiger partial charge in [-0.25, -0.2) is 0 Å². The molecule has 2 aliphatic rings. The third-order valence-corrected chi connectivity index (χ3v) is 2.49. The van der Waals surface area contributed by atoms with E-state index in [4.69, 9.17) is 4.74 Å². The van der Waals surface area contributed by atoms with Gasteiger partial charge in [-0.15, -0.1) is 0 Å². The van der Waals surface area contributed by atoms with Gasteiger partial charge in [0.2, 0.25) is 0 Å². The van der Waals surface area contributed by atoms with Crippen molar-refractivity contribution in [3.05, 3.63) is 12.2 Å². The Labute approximate surface area is 64.7 Å². The largest absolute Gasteiger partial charge is 0.545 e. The van der Waals surface area contributed by atoms with Crippen molar-refractivity contribution in [1.82, 2.24) is 0 Å². The number of hydrogen-bond donors (Lipinski definition) is 0. The van der Waals surface area contributed by atoms with Crippen LogP contribution < -0.4 is 5.11 Å². The van der Waals surface area contributed by atoms with Gasteiger partial charge in [-0.3, -0.25) is 0 Å². The van der Waals surface area contributed by atoms with E-state index in [2.05, 4.69) is 6.58 Å². The molecule has 3 heteroatoms. The zero-order valence-corrected chi connectivity index (χ0v) is 6.08. The van der Waals surface area contributed by atoms with E-state index >= 15 is 0 Å². The molecule has 0 N–H and O–H groups in total. The van der Waals surface area contributed by atoms with Gasteiger partial charge < -0.3 is 14.6 Å². The lowest BCUT2D eigenvalue weighted by Crippen LogP contribution is -2.28. The summed E-state index contributed by atoms with van der Waals surface area (Å²) in [5.41, 5.74) is 0.204. The van der Waals surface area contributed by atoms with E-state index in [9.17, 15) is 9.90 Å². The summed E-state index contributed by atoms with van der Waals surface area (Å²) in [6, 6.07) is 0. The molecule has 0 bridgehead atoms. The molecule has 0 aromatic carbocycles. The van der Waals surface area contributed by atoms with Gasteiger partial charge in [0.15, 0.2) is 0 Å². The highest BCUT2D eigenvalue weighted by Crippen LogP contribution is 2.45. The summed E-state index contributed by atoms with van der Waals surface area (Å²) in [6.45, 7) is 3.47. The predicted molar refractivity (Wildman–Crippen MR) is 35.5 cm³/mol. The SMILES string of the molecule is C=C(C(=O)[O-])C1CCC2OC21. The highest BCUT2D eigenvalue weighted by Gasteiger charge is 2.50. The lowest BCUT2D eigenvalue weighted by Gasteiger charge is -2.14. The third-order valence-electron chi connectivity index (χ3n) is 2.49. The Kier molecular flexibility index (Phi) is 1.29. The molecule has 0 amide bonds. The van der Waals surface area contributed by atoms with E-state index in [1.54, 1.807) is 0 Å². The molecule has 0 aromatic rings. The summed E-state index contributed by atoms with van der Waals surface area (Å²) in [7, 11) is 0. The van der Waals surface area contributed by atoms with E-state index in [-0.39, 0.29) is 17.6 Å². The van der Waals surface area contributed by atoms with Gasteiger partial charge in [-0.1, -0.05) is 6.58 Å². The van der Waals surface area contributed by atoms with Crippen molar-refractivity contribution in [3.8, 4) is 0 Å². The highest BCUT2D eigenvalue weighted by atomic mass is 16.6. The molecule has 0 aromatic heterocycles. The number of carboxylic acid groups (broad SMARTS) is 1. The van der Waals surface area contributed by atoms with Crippen LogP contribution >= 0.6 is 0 Å². The molecule has 60 valence electrons. The van der Waals surface area contributed by atoms with E-state index in [0.29, 0.717) is 6.10 Å². The van der Waals surface area contributed by atoms with Crippen molar-refractivity contribution in [3.63, 3.8) is 0 Å². The average Bonchev–Trinajstić information content (AvgIpc) is 2.62. The maximum atomic E-state index is 10.4. The van der Waals surface area contributed by atoms with Crippen LogP contribution in [-0.2, 0) is 9.53 Å². The predicted octanol–water partition coefficient (Wildman–Crippen LogP) is -0.530. The number of hydrogen-bond acceptors (Lipinski definition) is 3. The zero-order chi connectivity index (χ0) is 8.01. The van der Waals surface area contributed by atoms with Gasteiger partial charge >= 0.3 is 0 Å². The number of carboxylic acids is 1. The summed E-state index contributed by atoms with van der Waals surface area (Å²) >= 11 is 0. The van der Waals surface area contributed by atoms with Crippen molar-refractivity contribution in [1.29, 1.82) is 0 Å². The van der Waals surface area contributed by atoms with Gasteiger partial charge in [0, 0.05) is 5.92 Å². The molecule has 1 aliphatic heterocycles. The zero-order valence-electron chi connectivity index (χ0n) is 6.08. The first-order valence-corrected chi connectivity index (χ1v) is 3.76. The molecular formula is C8H9O3-. The van der Waals surface area contributed by atoms with Crippen LogP contribution in [0.5, 0.6) is 0 Å². The fraction of sp³-hybridized carbons (Fsp3) is 0.625. The topological polar surface area (TPSA) is 52.7 Å². The fourth-order valence-electron chi connectivity index (χ4n) is 1.77. The minimum atomic E-state index is -1.13. The lowest BCUT2D eigenvalue weighted by atomic mass is 9.98.